The van der Waals surface area contributed by atoms with Crippen LogP contribution < -0.4 is 27.2 Å². The standard InChI is InChI=1S/C40H62N6O23/c1-23(50)44-31-33(67-26(4)53)32(66-25(3)52)28(16-63-24(2)51)68-35(31)69-45-38(60)65-20-39(5,17-47)36(58)42-11-7-13-46(34(57)27(41)15-64-30(56)10-9-29(54)55)14-8-12-43-37(59)40(6,18-61-21-48)19-62-22-49/h21-22,27-28,31-33,35,47H,7-20,41H2,1-6H3,(H,42,58)(H,43,59)(H,44,50)(H,45,60)(H,54,55)/t27-,28?,31?,32+,33?,35?,39?/m1/s1. The molecule has 0 spiro atoms. The first-order valence-electron chi connectivity index (χ1n) is 21.1. The molecule has 1 rings (SSSR count). The van der Waals surface area contributed by atoms with Crippen molar-refractivity contribution >= 4 is 72.5 Å². The Bertz CT molecular complexity index is 1790. The lowest BCUT2D eigenvalue weighted by Crippen LogP contribution is -2.67. The molecule has 1 aliphatic heterocycles. The van der Waals surface area contributed by atoms with Gasteiger partial charge < -0.3 is 74.7 Å². The number of hydroxylamine groups is 1. The van der Waals surface area contributed by atoms with Crippen LogP contribution in [0.25, 0.3) is 0 Å². The maximum Gasteiger partial charge on any atom is 0.431 e. The number of nitrogens with one attached hydrogen (secondary N) is 4. The van der Waals surface area contributed by atoms with Crippen molar-refractivity contribution in [2.45, 2.75) is 104 Å². The van der Waals surface area contributed by atoms with E-state index in [1.54, 1.807) is 0 Å². The van der Waals surface area contributed by atoms with Crippen LogP contribution in [-0.2, 0) is 95.5 Å². The average molecular weight is 995 g/mol. The molecule has 390 valence electrons. The zero-order chi connectivity index (χ0) is 52.3. The summed E-state index contributed by atoms with van der Waals surface area (Å²) in [6.07, 6.45) is -8.24. The van der Waals surface area contributed by atoms with Crippen LogP contribution in [0.3, 0.4) is 0 Å². The molecule has 29 nitrogen and oxygen atoms in total. The van der Waals surface area contributed by atoms with Gasteiger partial charge in [-0.1, -0.05) is 0 Å². The predicted molar refractivity (Wildman–Crippen MR) is 225 cm³/mol. The van der Waals surface area contributed by atoms with Crippen molar-refractivity contribution in [2.24, 2.45) is 16.6 Å². The zero-order valence-electron chi connectivity index (χ0n) is 39.0. The van der Waals surface area contributed by atoms with E-state index in [4.69, 9.17) is 53.6 Å². The highest BCUT2D eigenvalue weighted by atomic mass is 16.8. The minimum Gasteiger partial charge on any atom is -0.481 e. The molecule has 1 saturated heterocycles. The number of carbonyl (C=O) groups excluding carboxylic acids is 11. The summed E-state index contributed by atoms with van der Waals surface area (Å²) >= 11 is 0. The van der Waals surface area contributed by atoms with E-state index in [2.05, 4.69) is 16.0 Å². The number of hydrogen-bond acceptors (Lipinski definition) is 23. The molecule has 5 unspecified atom stereocenters. The van der Waals surface area contributed by atoms with Crippen LogP contribution in [-0.4, -0.2) is 190 Å². The molecule has 5 amide bonds. The van der Waals surface area contributed by atoms with Gasteiger partial charge in [-0.25, -0.2) is 9.63 Å². The van der Waals surface area contributed by atoms with Gasteiger partial charge in [0.1, 0.15) is 62.1 Å². The number of aliphatic carboxylic acids is 1. The summed E-state index contributed by atoms with van der Waals surface area (Å²) in [4.78, 5) is 151. The molecule has 1 heterocycles. The third-order valence-electron chi connectivity index (χ3n) is 9.61. The van der Waals surface area contributed by atoms with Gasteiger partial charge in [0.25, 0.3) is 12.9 Å². The van der Waals surface area contributed by atoms with E-state index >= 15 is 0 Å². The Morgan fingerprint density at radius 2 is 1.30 bits per heavy atom. The van der Waals surface area contributed by atoms with Crippen molar-refractivity contribution in [2.75, 3.05) is 65.8 Å². The number of carbonyl (C=O) groups is 12. The van der Waals surface area contributed by atoms with Gasteiger partial charge in [-0.2, -0.15) is 5.48 Å². The Labute approximate surface area is 395 Å². The highest BCUT2D eigenvalue weighted by Gasteiger charge is 2.52. The van der Waals surface area contributed by atoms with E-state index < -0.39 is 160 Å². The van der Waals surface area contributed by atoms with Gasteiger partial charge in [0.15, 0.2) is 12.2 Å². The fourth-order valence-electron chi connectivity index (χ4n) is 6.02. The molecule has 7 atom stereocenters. The smallest absolute Gasteiger partial charge is 0.431 e. The number of nitrogens with two attached hydrogens (primary N) is 1. The van der Waals surface area contributed by atoms with E-state index in [-0.39, 0.29) is 52.0 Å². The quantitative estimate of drug-likeness (QED) is 0.0112. The highest BCUT2D eigenvalue weighted by Crippen LogP contribution is 2.28. The molecule has 29 heteroatoms. The number of hydrogen-bond donors (Lipinski definition) is 7. The maximum absolute atomic E-state index is 13.4. The average Bonchev–Trinajstić information content (AvgIpc) is 3.29. The van der Waals surface area contributed by atoms with E-state index in [0.29, 0.717) is 0 Å². The van der Waals surface area contributed by atoms with Gasteiger partial charge in [0.05, 0.1) is 19.4 Å². The summed E-state index contributed by atoms with van der Waals surface area (Å²) in [5, 5.41) is 26.5. The third kappa shape index (κ3) is 22.3. The summed E-state index contributed by atoms with van der Waals surface area (Å²) < 4.78 is 40.9. The second kappa shape index (κ2) is 30.6. The topological polar surface area (TPSA) is 406 Å². The Morgan fingerprint density at radius 1 is 0.754 bits per heavy atom. The number of ether oxygens (including phenoxy) is 8. The molecule has 0 bridgehead atoms. The molecule has 0 aromatic rings. The van der Waals surface area contributed by atoms with Crippen molar-refractivity contribution in [3.05, 3.63) is 0 Å². The Hall–Kier alpha value is -6.72. The van der Waals surface area contributed by atoms with Gasteiger partial charge in [-0.05, 0) is 26.7 Å². The van der Waals surface area contributed by atoms with Crippen molar-refractivity contribution < 1.29 is 110 Å². The number of rotatable bonds is 32. The van der Waals surface area contributed by atoms with Crippen LogP contribution in [0.15, 0.2) is 0 Å². The van der Waals surface area contributed by atoms with Gasteiger partial charge in [-0.15, -0.1) is 0 Å². The molecule has 8 N–H and O–H groups in total. The number of carboxylic acid groups (broad SMARTS) is 1. The Morgan fingerprint density at radius 3 is 1.80 bits per heavy atom. The molecule has 0 radical (unpaired) electrons. The van der Waals surface area contributed by atoms with Crippen molar-refractivity contribution in [3.63, 3.8) is 0 Å². The number of esters is 4. The fourth-order valence-corrected chi connectivity index (χ4v) is 6.02. The second-order valence-electron chi connectivity index (χ2n) is 15.8. The molecule has 1 fully saturated rings. The lowest BCUT2D eigenvalue weighted by atomic mass is 9.91. The molecule has 1 aliphatic rings. The highest BCUT2D eigenvalue weighted by molar-refractivity contribution is 5.84. The van der Waals surface area contributed by atoms with Gasteiger partial charge in [0, 0.05) is 53.9 Å². The summed E-state index contributed by atoms with van der Waals surface area (Å²) in [5.74, 6) is -7.57. The number of aliphatic hydroxyl groups is 1. The lowest BCUT2D eigenvalue weighted by Gasteiger charge is -2.44. The molecule has 69 heavy (non-hydrogen) atoms. The van der Waals surface area contributed by atoms with Crippen LogP contribution in [0.1, 0.15) is 67.2 Å². The normalized spacial score (nSPS) is 18.8. The predicted octanol–water partition coefficient (Wildman–Crippen LogP) is -3.77. The van der Waals surface area contributed by atoms with Gasteiger partial charge in [-0.3, -0.25) is 52.7 Å². The molecule has 0 aliphatic carbocycles. The zero-order valence-corrected chi connectivity index (χ0v) is 39.0. The Balaban J connectivity index is 3.03. The second-order valence-corrected chi connectivity index (χ2v) is 15.8. The molecule has 0 saturated carbocycles. The molecule has 0 aromatic carbocycles. The van der Waals surface area contributed by atoms with Crippen LogP contribution in [0.5, 0.6) is 0 Å². The van der Waals surface area contributed by atoms with E-state index in [9.17, 15) is 62.6 Å². The van der Waals surface area contributed by atoms with Crippen molar-refractivity contribution in [3.8, 4) is 0 Å². The lowest BCUT2D eigenvalue weighted by molar-refractivity contribution is -0.288. The summed E-state index contributed by atoms with van der Waals surface area (Å²) in [5.41, 5.74) is 4.67. The largest absolute Gasteiger partial charge is 0.481 e. The van der Waals surface area contributed by atoms with E-state index in [0.717, 1.165) is 27.7 Å². The number of nitrogens with zero attached hydrogens (tertiary/aromatic N) is 1. The summed E-state index contributed by atoms with van der Waals surface area (Å²) in [6, 6.07) is -2.87. The first-order valence-corrected chi connectivity index (χ1v) is 21.1. The molecular formula is C40H62N6O23. The Kier molecular flexibility index (Phi) is 26.8. The minimum atomic E-state index is -1.78. The van der Waals surface area contributed by atoms with E-state index in [1.165, 1.54) is 18.7 Å². The SMILES string of the molecule is CC(=O)NC1C(ONC(=O)OCC(C)(CO)C(=O)NCCCN(CCCNC(=O)C(C)(COC=O)COC=O)C(=O)[C@H](N)COC(=O)CCC(=O)O)OC(COC(C)=O)[C@H](OC(C)=O)C1OC(C)=O. The van der Waals surface area contributed by atoms with Crippen LogP contribution in [0.4, 0.5) is 4.79 Å². The fraction of sp³-hybridized carbons (Fsp3) is 0.700. The molecule has 0 aromatic heterocycles. The van der Waals surface area contributed by atoms with Crippen LogP contribution >= 0.6 is 0 Å². The van der Waals surface area contributed by atoms with E-state index in [1.807, 2.05) is 5.48 Å². The number of carboxylic acids is 1. The number of aliphatic hydroxyl groups excluding tert-OH is 1. The maximum atomic E-state index is 13.4. The minimum absolute atomic E-state index is 0.0461. The van der Waals surface area contributed by atoms with Gasteiger partial charge >= 0.3 is 35.9 Å². The molecular weight excluding hydrogens is 932 g/mol. The third-order valence-corrected chi connectivity index (χ3v) is 9.61. The first-order chi connectivity index (χ1) is 32.4. The van der Waals surface area contributed by atoms with Crippen LogP contribution in [0.2, 0.25) is 0 Å². The number of amides is 5. The summed E-state index contributed by atoms with van der Waals surface area (Å²) in [6.45, 7) is 3.14. The van der Waals surface area contributed by atoms with Gasteiger partial charge in [0.2, 0.25) is 29.9 Å². The first kappa shape index (κ1) is 60.3. The van der Waals surface area contributed by atoms with Crippen LogP contribution in [0, 0.1) is 10.8 Å². The van der Waals surface area contributed by atoms with Crippen molar-refractivity contribution in [1.82, 2.24) is 26.3 Å². The monoisotopic (exact) mass is 994 g/mol. The van der Waals surface area contributed by atoms with Crippen molar-refractivity contribution in [1.29, 1.82) is 0 Å². The summed E-state index contributed by atoms with van der Waals surface area (Å²) in [7, 11) is 0.